The molecule has 3 aromatic rings. The van der Waals surface area contributed by atoms with Crippen molar-refractivity contribution in [1.29, 1.82) is 0 Å². The Morgan fingerprint density at radius 1 is 1.12 bits per heavy atom. The van der Waals surface area contributed by atoms with Crippen LogP contribution in [-0.2, 0) is 13.1 Å². The van der Waals surface area contributed by atoms with Crippen LogP contribution in [0.3, 0.4) is 0 Å². The Hall–Kier alpha value is -2.47. The van der Waals surface area contributed by atoms with E-state index < -0.39 is 0 Å². The Labute approximate surface area is 159 Å². The molecule has 0 spiro atoms. The molecule has 0 bridgehead atoms. The van der Waals surface area contributed by atoms with Crippen molar-refractivity contribution >= 4 is 21.7 Å². The summed E-state index contributed by atoms with van der Waals surface area (Å²) >= 11 is 3.31. The van der Waals surface area contributed by atoms with E-state index in [2.05, 4.69) is 15.9 Å². The van der Waals surface area contributed by atoms with Gasteiger partial charge in [0.2, 0.25) is 0 Å². The van der Waals surface area contributed by atoms with Crippen LogP contribution >= 0.6 is 15.9 Å². The molecule has 1 aromatic carbocycles. The smallest absolute Gasteiger partial charge is 0.251 e. The average Bonchev–Trinajstić information content (AvgIpc) is 2.88. The number of pyridine rings is 1. The van der Waals surface area contributed by atoms with Gasteiger partial charge in [-0.2, -0.15) is 0 Å². The summed E-state index contributed by atoms with van der Waals surface area (Å²) < 4.78 is 17.2. The Morgan fingerprint density at radius 2 is 1.81 bits per heavy atom. The number of aryl methyl sites for hydroxylation is 1. The zero-order valence-corrected chi connectivity index (χ0v) is 16.1. The minimum absolute atomic E-state index is 0.0148. The molecule has 0 N–H and O–H groups in total. The van der Waals surface area contributed by atoms with Gasteiger partial charge in [0.05, 0.1) is 6.54 Å². The summed E-state index contributed by atoms with van der Waals surface area (Å²) in [5, 5.41) is 0. The number of halogens is 2. The number of nitrogens with zero attached hydrogens (tertiary/aromatic N) is 2. The predicted molar refractivity (Wildman–Crippen MR) is 102 cm³/mol. The van der Waals surface area contributed by atoms with Gasteiger partial charge in [-0.1, -0.05) is 12.1 Å². The molecule has 0 aliphatic heterocycles. The zero-order valence-electron chi connectivity index (χ0n) is 14.5. The predicted octanol–water partition coefficient (Wildman–Crippen LogP) is 4.10. The summed E-state index contributed by atoms with van der Waals surface area (Å²) in [5.41, 5.74) is 3.10. The molecule has 0 unspecified atom stereocenters. The highest BCUT2D eigenvalue weighted by atomic mass is 79.9. The van der Waals surface area contributed by atoms with Crippen LogP contribution in [0.5, 0.6) is 0 Å². The molecule has 0 saturated heterocycles. The standard InChI is InChI=1S/C20H18BrFN2O2/c1-13-9-18(19(25)12-23-11-16(21)5-8-20(23)26)14(2)24(13)10-15-3-6-17(22)7-4-15/h3-9,11H,10,12H2,1-2H3. The second-order valence-corrected chi connectivity index (χ2v) is 7.15. The topological polar surface area (TPSA) is 44.0 Å². The summed E-state index contributed by atoms with van der Waals surface area (Å²) in [7, 11) is 0. The van der Waals surface area contributed by atoms with Gasteiger partial charge in [-0.3, -0.25) is 9.59 Å². The number of aromatic nitrogens is 2. The molecule has 0 saturated carbocycles. The fourth-order valence-electron chi connectivity index (χ4n) is 2.96. The minimum atomic E-state index is -0.273. The molecule has 0 aliphatic carbocycles. The van der Waals surface area contributed by atoms with Crippen molar-refractivity contribution in [1.82, 2.24) is 9.13 Å². The first kappa shape index (κ1) is 18.3. The number of ketones is 1. The van der Waals surface area contributed by atoms with E-state index in [9.17, 15) is 14.0 Å². The minimum Gasteiger partial charge on any atom is -0.344 e. The first-order valence-electron chi connectivity index (χ1n) is 8.15. The zero-order chi connectivity index (χ0) is 18.8. The molecule has 0 fully saturated rings. The summed E-state index contributed by atoms with van der Waals surface area (Å²) in [5.74, 6) is -0.395. The van der Waals surface area contributed by atoms with Gasteiger partial charge in [-0.15, -0.1) is 0 Å². The number of carbonyl (C=O) groups is 1. The highest BCUT2D eigenvalue weighted by Gasteiger charge is 2.17. The number of hydrogen-bond donors (Lipinski definition) is 0. The van der Waals surface area contributed by atoms with Crippen LogP contribution < -0.4 is 5.56 Å². The van der Waals surface area contributed by atoms with Crippen molar-refractivity contribution in [3.63, 3.8) is 0 Å². The highest BCUT2D eigenvalue weighted by molar-refractivity contribution is 9.10. The Kier molecular flexibility index (Phi) is 5.23. The molecule has 2 heterocycles. The number of rotatable bonds is 5. The van der Waals surface area contributed by atoms with Crippen LogP contribution in [0.15, 0.2) is 57.9 Å². The van der Waals surface area contributed by atoms with Crippen molar-refractivity contribution in [2.75, 3.05) is 0 Å². The summed E-state index contributed by atoms with van der Waals surface area (Å²) in [6, 6.07) is 11.2. The first-order chi connectivity index (χ1) is 12.3. The molecule has 134 valence electrons. The summed E-state index contributed by atoms with van der Waals surface area (Å²) in [6.07, 6.45) is 1.61. The molecular formula is C20H18BrFN2O2. The first-order valence-corrected chi connectivity index (χ1v) is 8.95. The van der Waals surface area contributed by atoms with E-state index in [1.807, 2.05) is 24.5 Å². The summed E-state index contributed by atoms with van der Waals surface area (Å²) in [4.78, 5) is 24.6. The Morgan fingerprint density at radius 3 is 2.50 bits per heavy atom. The van der Waals surface area contributed by atoms with Crippen LogP contribution in [0.25, 0.3) is 0 Å². The van der Waals surface area contributed by atoms with Crippen LogP contribution in [0.4, 0.5) is 4.39 Å². The third-order valence-corrected chi connectivity index (χ3v) is 4.86. The van der Waals surface area contributed by atoms with Crippen LogP contribution in [-0.4, -0.2) is 14.9 Å². The molecule has 3 rings (SSSR count). The van der Waals surface area contributed by atoms with Gasteiger partial charge < -0.3 is 9.13 Å². The van der Waals surface area contributed by atoms with Gasteiger partial charge in [-0.05, 0) is 59.6 Å². The van der Waals surface area contributed by atoms with Gasteiger partial charge in [0.25, 0.3) is 5.56 Å². The molecule has 4 nitrogen and oxygen atoms in total. The van der Waals surface area contributed by atoms with E-state index in [0.717, 1.165) is 21.4 Å². The number of benzene rings is 1. The third-order valence-electron chi connectivity index (χ3n) is 4.39. The van der Waals surface area contributed by atoms with Crippen molar-refractivity contribution in [3.05, 3.63) is 91.8 Å². The monoisotopic (exact) mass is 416 g/mol. The molecule has 0 aliphatic rings. The van der Waals surface area contributed by atoms with E-state index in [4.69, 9.17) is 0 Å². The van der Waals surface area contributed by atoms with E-state index in [-0.39, 0.29) is 23.7 Å². The molecule has 2 aromatic heterocycles. The average molecular weight is 417 g/mol. The second-order valence-electron chi connectivity index (χ2n) is 6.23. The maximum absolute atomic E-state index is 13.1. The van der Waals surface area contributed by atoms with Crippen molar-refractivity contribution in [3.8, 4) is 0 Å². The number of Topliss-reactive ketones (excluding diaryl/α,β-unsaturated/α-hetero) is 1. The van der Waals surface area contributed by atoms with Crippen LogP contribution in [0, 0.1) is 19.7 Å². The third kappa shape index (κ3) is 3.85. The molecule has 0 radical (unpaired) electrons. The van der Waals surface area contributed by atoms with Crippen molar-refractivity contribution in [2.45, 2.75) is 26.9 Å². The lowest BCUT2D eigenvalue weighted by Gasteiger charge is -2.10. The fourth-order valence-corrected chi connectivity index (χ4v) is 3.34. The SMILES string of the molecule is Cc1cc(C(=O)Cn2cc(Br)ccc2=O)c(C)n1Cc1ccc(F)cc1. The van der Waals surface area contributed by atoms with Crippen molar-refractivity contribution in [2.24, 2.45) is 0 Å². The molecule has 0 atom stereocenters. The molecule has 26 heavy (non-hydrogen) atoms. The van der Waals surface area contributed by atoms with E-state index in [1.165, 1.54) is 22.8 Å². The highest BCUT2D eigenvalue weighted by Crippen LogP contribution is 2.19. The lowest BCUT2D eigenvalue weighted by atomic mass is 10.1. The Balaban J connectivity index is 1.87. The van der Waals surface area contributed by atoms with Crippen molar-refractivity contribution < 1.29 is 9.18 Å². The van der Waals surface area contributed by atoms with Gasteiger partial charge >= 0.3 is 0 Å². The lowest BCUT2D eigenvalue weighted by Crippen LogP contribution is -2.23. The maximum atomic E-state index is 13.1. The molecule has 0 amide bonds. The lowest BCUT2D eigenvalue weighted by molar-refractivity contribution is 0.0970. The molecule has 6 heteroatoms. The van der Waals surface area contributed by atoms with Gasteiger partial charge in [0.1, 0.15) is 5.82 Å². The van der Waals surface area contributed by atoms with Crippen LogP contribution in [0.1, 0.15) is 27.3 Å². The van der Waals surface area contributed by atoms with Crippen LogP contribution in [0.2, 0.25) is 0 Å². The van der Waals surface area contributed by atoms with Gasteiger partial charge in [0, 0.05) is 40.2 Å². The number of carbonyl (C=O) groups excluding carboxylic acids is 1. The largest absolute Gasteiger partial charge is 0.344 e. The fraction of sp³-hybridized carbons (Fsp3) is 0.200. The van der Waals surface area contributed by atoms with E-state index in [1.54, 1.807) is 24.4 Å². The second kappa shape index (κ2) is 7.41. The van der Waals surface area contributed by atoms with Gasteiger partial charge in [0.15, 0.2) is 5.78 Å². The van der Waals surface area contributed by atoms with E-state index in [0.29, 0.717) is 12.1 Å². The molecular weight excluding hydrogens is 399 g/mol. The van der Waals surface area contributed by atoms with Gasteiger partial charge in [-0.25, -0.2) is 4.39 Å². The Bertz CT molecular complexity index is 1020. The van der Waals surface area contributed by atoms with E-state index >= 15 is 0 Å². The summed E-state index contributed by atoms with van der Waals surface area (Å²) in [6.45, 7) is 4.35. The number of hydrogen-bond acceptors (Lipinski definition) is 2. The normalized spacial score (nSPS) is 10.9. The quantitative estimate of drug-likeness (QED) is 0.587. The maximum Gasteiger partial charge on any atom is 0.251 e.